The highest BCUT2D eigenvalue weighted by atomic mass is 32.2. The topological polar surface area (TPSA) is 75.5 Å². The van der Waals surface area contributed by atoms with Gasteiger partial charge >= 0.3 is 0 Å². The number of aromatic nitrogens is 2. The average molecular weight is 463 g/mol. The molecule has 1 saturated heterocycles. The van der Waals surface area contributed by atoms with Crippen LogP contribution in [0.3, 0.4) is 0 Å². The number of sulfonamides is 1. The molecule has 170 valence electrons. The van der Waals surface area contributed by atoms with Gasteiger partial charge in [-0.15, -0.1) is 0 Å². The van der Waals surface area contributed by atoms with Crippen LogP contribution in [-0.2, 0) is 21.4 Å². The van der Waals surface area contributed by atoms with Gasteiger partial charge in [-0.2, -0.15) is 9.40 Å². The molecule has 0 atom stereocenters. The second-order valence-corrected chi connectivity index (χ2v) is 9.59. The molecule has 0 saturated carbocycles. The quantitative estimate of drug-likeness (QED) is 0.506. The van der Waals surface area contributed by atoms with Gasteiger partial charge in [-0.3, -0.25) is 9.48 Å². The van der Waals surface area contributed by atoms with Crippen molar-refractivity contribution in [3.63, 3.8) is 0 Å². The van der Waals surface area contributed by atoms with E-state index in [0.717, 1.165) is 16.7 Å². The number of carbonyl (C=O) groups is 1. The van der Waals surface area contributed by atoms with Crippen molar-refractivity contribution in [3.8, 4) is 0 Å². The summed E-state index contributed by atoms with van der Waals surface area (Å²) in [6, 6.07) is 19.3. The van der Waals surface area contributed by atoms with E-state index < -0.39 is 10.0 Å². The van der Waals surface area contributed by atoms with Crippen LogP contribution >= 0.6 is 0 Å². The molecular weight excluding hydrogens is 436 g/mol. The van der Waals surface area contributed by atoms with Gasteiger partial charge in [-0.05, 0) is 23.3 Å². The third kappa shape index (κ3) is 6.27. The zero-order valence-electron chi connectivity index (χ0n) is 18.2. The summed E-state index contributed by atoms with van der Waals surface area (Å²) in [7, 11) is -3.52. The summed E-state index contributed by atoms with van der Waals surface area (Å²) in [4.78, 5) is 14.2. The molecule has 0 radical (unpaired) electrons. The Labute approximate surface area is 194 Å². The Hall–Kier alpha value is -3.49. The molecule has 0 spiro atoms. The highest BCUT2D eigenvalue weighted by molar-refractivity contribution is 7.92. The van der Waals surface area contributed by atoms with E-state index in [0.29, 0.717) is 19.6 Å². The number of carbonyl (C=O) groups excluding carboxylic acids is 1. The van der Waals surface area contributed by atoms with Gasteiger partial charge in [0.15, 0.2) is 0 Å². The Morgan fingerprint density at radius 1 is 0.879 bits per heavy atom. The molecule has 2 heterocycles. The van der Waals surface area contributed by atoms with Gasteiger partial charge < -0.3 is 4.90 Å². The molecule has 1 aliphatic heterocycles. The van der Waals surface area contributed by atoms with Crippen LogP contribution in [-0.4, -0.2) is 59.5 Å². The van der Waals surface area contributed by atoms with Crippen LogP contribution in [0.1, 0.15) is 16.7 Å². The second kappa shape index (κ2) is 10.4. The number of rotatable bonds is 7. The standard InChI is InChI=1S/C25H26N4O3S/c30-25(12-11-24-19-26-28(21-24)20-23-9-5-2-6-10-23)27-14-16-29(17-15-27)33(31,32)18-13-22-7-3-1-4-8-22/h1-13,18-19,21H,14-17,20H2/b12-11+,18-13+. The van der Waals surface area contributed by atoms with Crippen LogP contribution < -0.4 is 0 Å². The van der Waals surface area contributed by atoms with Gasteiger partial charge in [-0.25, -0.2) is 8.42 Å². The first-order chi connectivity index (χ1) is 16.0. The lowest BCUT2D eigenvalue weighted by atomic mass is 10.2. The van der Waals surface area contributed by atoms with E-state index in [2.05, 4.69) is 5.10 Å². The predicted molar refractivity (Wildman–Crippen MR) is 129 cm³/mol. The highest BCUT2D eigenvalue weighted by Gasteiger charge is 2.26. The number of benzene rings is 2. The molecule has 0 aliphatic carbocycles. The summed E-state index contributed by atoms with van der Waals surface area (Å²) in [6.45, 7) is 1.92. The fourth-order valence-electron chi connectivity index (χ4n) is 3.57. The number of hydrogen-bond donors (Lipinski definition) is 0. The number of piperazine rings is 1. The van der Waals surface area contributed by atoms with Gasteiger partial charge in [0.1, 0.15) is 0 Å². The van der Waals surface area contributed by atoms with Crippen LogP contribution in [0.15, 0.2) is 84.5 Å². The number of nitrogens with zero attached hydrogens (tertiary/aromatic N) is 4. The first-order valence-electron chi connectivity index (χ1n) is 10.8. The molecule has 7 nitrogen and oxygen atoms in total. The van der Waals surface area contributed by atoms with Crippen molar-refractivity contribution in [1.29, 1.82) is 0 Å². The van der Waals surface area contributed by atoms with Crippen LogP contribution in [0.25, 0.3) is 12.2 Å². The van der Waals surface area contributed by atoms with Crippen molar-refractivity contribution in [2.45, 2.75) is 6.54 Å². The molecule has 1 aliphatic rings. The maximum atomic E-state index is 12.6. The van der Waals surface area contributed by atoms with Crippen molar-refractivity contribution in [2.24, 2.45) is 0 Å². The Bertz CT molecular complexity index is 1230. The van der Waals surface area contributed by atoms with Crippen molar-refractivity contribution in [1.82, 2.24) is 19.0 Å². The smallest absolute Gasteiger partial charge is 0.246 e. The molecule has 2 aromatic carbocycles. The molecule has 1 aromatic heterocycles. The molecule has 0 bridgehead atoms. The first kappa shape index (κ1) is 22.7. The van der Waals surface area contributed by atoms with Crippen molar-refractivity contribution in [2.75, 3.05) is 26.2 Å². The van der Waals surface area contributed by atoms with Crippen LogP contribution in [0.5, 0.6) is 0 Å². The molecule has 0 N–H and O–H groups in total. The summed E-state index contributed by atoms with van der Waals surface area (Å²) >= 11 is 0. The summed E-state index contributed by atoms with van der Waals surface area (Å²) in [5.74, 6) is -0.136. The van der Waals surface area contributed by atoms with Gasteiger partial charge in [0.05, 0.1) is 12.7 Å². The van der Waals surface area contributed by atoms with Crippen molar-refractivity contribution in [3.05, 3.63) is 101 Å². The maximum Gasteiger partial charge on any atom is 0.246 e. The van der Waals surface area contributed by atoms with E-state index in [1.165, 1.54) is 15.8 Å². The lowest BCUT2D eigenvalue weighted by molar-refractivity contribution is -0.127. The molecule has 3 aromatic rings. The Kier molecular flexibility index (Phi) is 7.16. The third-order valence-corrected chi connectivity index (χ3v) is 6.97. The summed E-state index contributed by atoms with van der Waals surface area (Å²) in [6.07, 6.45) is 8.45. The minimum Gasteiger partial charge on any atom is -0.337 e. The van der Waals surface area contributed by atoms with Gasteiger partial charge in [-0.1, -0.05) is 60.7 Å². The fourth-order valence-corrected chi connectivity index (χ4v) is 4.75. The zero-order chi connectivity index (χ0) is 23.1. The zero-order valence-corrected chi connectivity index (χ0v) is 19.0. The molecule has 0 unspecified atom stereocenters. The van der Waals surface area contributed by atoms with Crippen LogP contribution in [0, 0.1) is 0 Å². The van der Waals surface area contributed by atoms with E-state index in [1.54, 1.807) is 23.2 Å². The lowest BCUT2D eigenvalue weighted by Gasteiger charge is -2.32. The Morgan fingerprint density at radius 2 is 1.55 bits per heavy atom. The lowest BCUT2D eigenvalue weighted by Crippen LogP contribution is -2.49. The average Bonchev–Trinajstić information content (AvgIpc) is 3.30. The van der Waals surface area contributed by atoms with E-state index in [4.69, 9.17) is 0 Å². The summed E-state index contributed by atoms with van der Waals surface area (Å²) in [5, 5.41) is 5.57. The molecular formula is C25H26N4O3S. The molecule has 33 heavy (non-hydrogen) atoms. The van der Waals surface area contributed by atoms with Gasteiger partial charge in [0, 0.05) is 49.4 Å². The minimum atomic E-state index is -3.52. The number of amides is 1. The Balaban J connectivity index is 1.29. The normalized spacial score (nSPS) is 15.5. The molecule has 8 heteroatoms. The Morgan fingerprint density at radius 3 is 2.24 bits per heavy atom. The summed E-state index contributed by atoms with van der Waals surface area (Å²) in [5.41, 5.74) is 2.82. The second-order valence-electron chi connectivity index (χ2n) is 7.77. The van der Waals surface area contributed by atoms with Crippen molar-refractivity contribution < 1.29 is 13.2 Å². The van der Waals surface area contributed by atoms with Crippen LogP contribution in [0.4, 0.5) is 0 Å². The van der Waals surface area contributed by atoms with E-state index in [9.17, 15) is 13.2 Å². The molecule has 4 rings (SSSR count). The first-order valence-corrected chi connectivity index (χ1v) is 12.3. The fraction of sp³-hybridized carbons (Fsp3) is 0.200. The van der Waals surface area contributed by atoms with Crippen LogP contribution in [0.2, 0.25) is 0 Å². The predicted octanol–water partition coefficient (Wildman–Crippen LogP) is 3.09. The molecule has 1 amide bonds. The largest absolute Gasteiger partial charge is 0.337 e. The van der Waals surface area contributed by atoms with Gasteiger partial charge in [0.2, 0.25) is 15.9 Å². The number of hydrogen-bond acceptors (Lipinski definition) is 4. The van der Waals surface area contributed by atoms with E-state index in [-0.39, 0.29) is 19.0 Å². The highest BCUT2D eigenvalue weighted by Crippen LogP contribution is 2.13. The van der Waals surface area contributed by atoms with E-state index >= 15 is 0 Å². The van der Waals surface area contributed by atoms with E-state index in [1.807, 2.05) is 71.5 Å². The maximum absolute atomic E-state index is 12.6. The third-order valence-electron chi connectivity index (χ3n) is 5.40. The molecule has 1 fully saturated rings. The monoisotopic (exact) mass is 462 g/mol. The van der Waals surface area contributed by atoms with Gasteiger partial charge in [0.25, 0.3) is 0 Å². The minimum absolute atomic E-state index is 0.136. The summed E-state index contributed by atoms with van der Waals surface area (Å²) < 4.78 is 28.4. The van der Waals surface area contributed by atoms with Crippen molar-refractivity contribution >= 4 is 28.1 Å². The SMILES string of the molecule is O=C(/C=C/c1cnn(Cc2ccccc2)c1)N1CCN(S(=O)(=O)/C=C/c2ccccc2)CC1.